The highest BCUT2D eigenvalue weighted by Crippen LogP contribution is 2.41. The lowest BCUT2D eigenvalue weighted by Gasteiger charge is -2.28. The lowest BCUT2D eigenvalue weighted by Crippen LogP contribution is -2.28. The molecule has 8 nitrogen and oxygen atoms in total. The lowest BCUT2D eigenvalue weighted by atomic mass is 9.77. The monoisotopic (exact) mass is 649 g/mol. The molecule has 2 aliphatic heterocycles. The SMILES string of the molecule is CC(C)(C)OC1c2ccccc2COc2cc(CC(=O)O)ccc21.CC(C)(C)c1c(CC(=O)[O-])ccc2c1C(=O)c1ccccc1CO2. The first-order valence-corrected chi connectivity index (χ1v) is 16.0. The van der Waals surface area contributed by atoms with Gasteiger partial charge in [-0.3, -0.25) is 9.59 Å². The van der Waals surface area contributed by atoms with Crippen molar-refractivity contribution in [3.05, 3.63) is 129 Å². The normalized spacial score (nSPS) is 15.0. The molecule has 250 valence electrons. The fourth-order valence-corrected chi connectivity index (χ4v) is 6.22. The first kappa shape index (κ1) is 34.4. The summed E-state index contributed by atoms with van der Waals surface area (Å²) in [6, 6.07) is 24.4. The number of benzene rings is 4. The van der Waals surface area contributed by atoms with Gasteiger partial charge in [-0.1, -0.05) is 87.5 Å². The quantitative estimate of drug-likeness (QED) is 0.260. The zero-order chi connectivity index (χ0) is 34.8. The summed E-state index contributed by atoms with van der Waals surface area (Å²) in [7, 11) is 0. The number of ketones is 1. The number of hydrogen-bond acceptors (Lipinski definition) is 7. The molecule has 0 spiro atoms. The molecule has 4 aromatic rings. The summed E-state index contributed by atoms with van der Waals surface area (Å²) in [5.74, 6) is -0.942. The number of fused-ring (bicyclic) bond motifs is 4. The third kappa shape index (κ3) is 7.77. The van der Waals surface area contributed by atoms with E-state index in [4.69, 9.17) is 19.3 Å². The van der Waals surface area contributed by atoms with Gasteiger partial charge < -0.3 is 29.2 Å². The smallest absolute Gasteiger partial charge is 0.307 e. The Balaban J connectivity index is 0.000000188. The summed E-state index contributed by atoms with van der Waals surface area (Å²) >= 11 is 0. The van der Waals surface area contributed by atoms with Gasteiger partial charge in [0, 0.05) is 29.1 Å². The third-order valence-electron chi connectivity index (χ3n) is 8.12. The molecule has 0 fully saturated rings. The van der Waals surface area contributed by atoms with Crippen LogP contribution in [-0.4, -0.2) is 28.4 Å². The van der Waals surface area contributed by atoms with Crippen molar-refractivity contribution in [1.82, 2.24) is 0 Å². The summed E-state index contributed by atoms with van der Waals surface area (Å²) in [5, 5.41) is 20.1. The van der Waals surface area contributed by atoms with Crippen LogP contribution in [0.1, 0.15) is 103 Å². The number of carboxylic acids is 2. The Morgan fingerprint density at radius 1 is 0.812 bits per heavy atom. The van der Waals surface area contributed by atoms with Crippen molar-refractivity contribution in [1.29, 1.82) is 0 Å². The van der Waals surface area contributed by atoms with Gasteiger partial charge in [0.25, 0.3) is 0 Å². The van der Waals surface area contributed by atoms with Crippen molar-refractivity contribution in [2.24, 2.45) is 0 Å². The molecule has 0 aliphatic carbocycles. The molecule has 1 atom stereocenters. The molecular weight excluding hydrogens is 608 g/mol. The highest BCUT2D eigenvalue weighted by atomic mass is 16.5. The Kier molecular flexibility index (Phi) is 9.78. The number of hydrogen-bond donors (Lipinski definition) is 1. The third-order valence-corrected chi connectivity index (χ3v) is 8.12. The van der Waals surface area contributed by atoms with Gasteiger partial charge in [-0.25, -0.2) is 0 Å². The average molecular weight is 650 g/mol. The maximum Gasteiger partial charge on any atom is 0.307 e. The highest BCUT2D eigenvalue weighted by Gasteiger charge is 2.32. The minimum absolute atomic E-state index is 0.0195. The molecule has 1 unspecified atom stereocenters. The van der Waals surface area contributed by atoms with Crippen molar-refractivity contribution in [2.75, 3.05) is 0 Å². The minimum Gasteiger partial charge on any atom is -0.550 e. The first-order chi connectivity index (χ1) is 22.6. The van der Waals surface area contributed by atoms with Crippen LogP contribution in [0, 0.1) is 0 Å². The fourth-order valence-electron chi connectivity index (χ4n) is 6.22. The van der Waals surface area contributed by atoms with Gasteiger partial charge in [-0.05, 0) is 66.1 Å². The van der Waals surface area contributed by atoms with Gasteiger partial charge >= 0.3 is 5.97 Å². The van der Waals surface area contributed by atoms with Crippen molar-refractivity contribution < 1.29 is 38.8 Å². The molecule has 0 saturated heterocycles. The molecule has 4 aromatic carbocycles. The number of carboxylic acid groups (broad SMARTS) is 2. The molecule has 8 heteroatoms. The topological polar surface area (TPSA) is 122 Å². The standard InChI is InChI=1S/C20H22O4.C20H20O4/c1-20(2,3)24-19-15-7-5-4-6-14(15)12-23-17-10-13(11-18(21)22)8-9-16(17)19;1-20(2,3)18-12(10-16(21)22)8-9-15-17(18)19(23)14-7-5-4-6-13(14)11-24-15/h4-10,19H,11-12H2,1-3H3,(H,21,22);4-9H,10-11H2,1-3H3,(H,21,22)/p-1. The maximum atomic E-state index is 13.2. The van der Waals surface area contributed by atoms with Crippen LogP contribution in [0.5, 0.6) is 11.5 Å². The van der Waals surface area contributed by atoms with Crippen LogP contribution >= 0.6 is 0 Å². The van der Waals surface area contributed by atoms with Gasteiger partial charge in [-0.15, -0.1) is 0 Å². The molecule has 0 aromatic heterocycles. The van der Waals surface area contributed by atoms with E-state index < -0.39 is 17.4 Å². The van der Waals surface area contributed by atoms with E-state index in [0.717, 1.165) is 27.8 Å². The van der Waals surface area contributed by atoms with Gasteiger partial charge in [0.05, 0.1) is 17.6 Å². The summed E-state index contributed by atoms with van der Waals surface area (Å²) in [4.78, 5) is 35.3. The van der Waals surface area contributed by atoms with Crippen LogP contribution in [-0.2, 0) is 45.8 Å². The van der Waals surface area contributed by atoms with Crippen LogP contribution < -0.4 is 14.6 Å². The number of aliphatic carboxylic acids is 2. The lowest BCUT2D eigenvalue weighted by molar-refractivity contribution is -0.304. The van der Waals surface area contributed by atoms with Crippen molar-refractivity contribution >= 4 is 17.7 Å². The summed E-state index contributed by atoms with van der Waals surface area (Å²) < 4.78 is 18.2. The molecule has 0 radical (unpaired) electrons. The zero-order valence-corrected chi connectivity index (χ0v) is 28.2. The van der Waals surface area contributed by atoms with Crippen molar-refractivity contribution in [3.63, 3.8) is 0 Å². The predicted molar refractivity (Wildman–Crippen MR) is 179 cm³/mol. The van der Waals surface area contributed by atoms with Gasteiger partial charge in [-0.2, -0.15) is 0 Å². The Morgan fingerprint density at radius 2 is 1.46 bits per heavy atom. The van der Waals surface area contributed by atoms with Gasteiger partial charge in [0.1, 0.15) is 30.8 Å². The van der Waals surface area contributed by atoms with E-state index in [0.29, 0.717) is 47.0 Å². The molecule has 0 amide bonds. The van der Waals surface area contributed by atoms with E-state index in [1.807, 2.05) is 96.1 Å². The van der Waals surface area contributed by atoms with Crippen LogP contribution in [0.15, 0.2) is 78.9 Å². The summed E-state index contributed by atoms with van der Waals surface area (Å²) in [6.07, 6.45) is -0.485. The van der Waals surface area contributed by atoms with E-state index in [1.165, 1.54) is 0 Å². The summed E-state index contributed by atoms with van der Waals surface area (Å²) in [6.45, 7) is 12.7. The van der Waals surface area contributed by atoms with E-state index in [-0.39, 0.29) is 30.3 Å². The van der Waals surface area contributed by atoms with Crippen LogP contribution in [0.25, 0.3) is 0 Å². The first-order valence-electron chi connectivity index (χ1n) is 16.0. The zero-order valence-electron chi connectivity index (χ0n) is 28.2. The molecule has 6 rings (SSSR count). The second-order valence-corrected chi connectivity index (χ2v) is 14.1. The molecule has 48 heavy (non-hydrogen) atoms. The number of ether oxygens (including phenoxy) is 3. The number of carbonyl (C=O) groups is 3. The average Bonchev–Trinajstić information content (AvgIpc) is 3.24. The minimum atomic E-state index is -1.16. The Bertz CT molecular complexity index is 1860. The molecule has 0 saturated carbocycles. The van der Waals surface area contributed by atoms with E-state index in [9.17, 15) is 19.5 Å². The second-order valence-electron chi connectivity index (χ2n) is 14.1. The molecule has 0 bridgehead atoms. The van der Waals surface area contributed by atoms with Gasteiger partial charge in [0.15, 0.2) is 5.78 Å². The van der Waals surface area contributed by atoms with Crippen LogP contribution in [0.4, 0.5) is 0 Å². The number of carbonyl (C=O) groups excluding carboxylic acids is 2. The Hall–Kier alpha value is -4.95. The van der Waals surface area contributed by atoms with E-state index in [2.05, 4.69) is 6.07 Å². The Labute approximate surface area is 281 Å². The fraction of sp³-hybridized carbons (Fsp3) is 0.325. The number of rotatable bonds is 5. The van der Waals surface area contributed by atoms with Gasteiger partial charge in [0.2, 0.25) is 0 Å². The Morgan fingerprint density at radius 3 is 2.12 bits per heavy atom. The molecular formula is C40H41O8-. The maximum absolute atomic E-state index is 13.2. The second kappa shape index (κ2) is 13.6. The molecule has 2 aliphatic rings. The van der Waals surface area contributed by atoms with Crippen molar-refractivity contribution in [2.45, 2.75) is 84.7 Å². The van der Waals surface area contributed by atoms with E-state index >= 15 is 0 Å². The largest absolute Gasteiger partial charge is 0.550 e. The van der Waals surface area contributed by atoms with E-state index in [1.54, 1.807) is 18.2 Å². The van der Waals surface area contributed by atoms with Crippen LogP contribution in [0.2, 0.25) is 0 Å². The van der Waals surface area contributed by atoms with Crippen LogP contribution in [0.3, 0.4) is 0 Å². The highest BCUT2D eigenvalue weighted by molar-refractivity contribution is 6.13. The predicted octanol–water partition coefficient (Wildman–Crippen LogP) is 6.51. The summed E-state index contributed by atoms with van der Waals surface area (Å²) in [5.41, 5.74) is 6.32. The molecule has 2 heterocycles. The molecule has 1 N–H and O–H groups in total. The van der Waals surface area contributed by atoms with Crippen molar-refractivity contribution in [3.8, 4) is 11.5 Å².